The minimum Gasteiger partial charge on any atom is -0.464 e. The summed E-state index contributed by atoms with van der Waals surface area (Å²) in [6.45, 7) is 0. The first kappa shape index (κ1) is 8.41. The van der Waals surface area contributed by atoms with Crippen LogP contribution >= 0.6 is 0 Å². The van der Waals surface area contributed by atoms with Crippen LogP contribution in [0.2, 0.25) is 0 Å². The molecule has 0 saturated heterocycles. The van der Waals surface area contributed by atoms with Gasteiger partial charge in [0.1, 0.15) is 5.58 Å². The van der Waals surface area contributed by atoms with Crippen LogP contribution in [0.1, 0.15) is 11.1 Å². The van der Waals surface area contributed by atoms with Gasteiger partial charge in [0.15, 0.2) is 0 Å². The molecule has 0 aliphatic heterocycles. The third-order valence-electron chi connectivity index (χ3n) is 2.79. The van der Waals surface area contributed by atoms with Crippen LogP contribution < -0.4 is 0 Å². The molecule has 3 nitrogen and oxygen atoms in total. The Bertz CT molecular complexity index is 528. The van der Waals surface area contributed by atoms with Crippen LogP contribution in [0.15, 0.2) is 28.9 Å². The van der Waals surface area contributed by atoms with Crippen LogP contribution in [0, 0.1) is 0 Å². The van der Waals surface area contributed by atoms with Gasteiger partial charge in [-0.1, -0.05) is 0 Å². The van der Waals surface area contributed by atoms with Crippen molar-refractivity contribution >= 4 is 22.5 Å². The second kappa shape index (κ2) is 2.79. The standard InChI is InChI=1S/C12H8O3/c13-10-4-8-3-7-1-2-15-12(7)6-9(8)5-11(10)14/h1-3,6H,4-5H2. The number of furan rings is 1. The maximum Gasteiger partial charge on any atom is 0.203 e. The maximum atomic E-state index is 11.3. The molecule has 1 aromatic heterocycles. The van der Waals surface area contributed by atoms with Gasteiger partial charge in [0, 0.05) is 18.2 Å². The summed E-state index contributed by atoms with van der Waals surface area (Å²) >= 11 is 0. The van der Waals surface area contributed by atoms with Gasteiger partial charge in [0.05, 0.1) is 6.26 Å². The van der Waals surface area contributed by atoms with E-state index in [1.165, 1.54) is 0 Å². The Hall–Kier alpha value is -1.90. The van der Waals surface area contributed by atoms with Crippen molar-refractivity contribution in [2.45, 2.75) is 12.8 Å². The van der Waals surface area contributed by atoms with Crippen LogP contribution in [-0.4, -0.2) is 11.6 Å². The van der Waals surface area contributed by atoms with Crippen molar-refractivity contribution in [1.29, 1.82) is 0 Å². The Morgan fingerprint density at radius 3 is 2.40 bits per heavy atom. The Morgan fingerprint density at radius 2 is 1.67 bits per heavy atom. The molecule has 0 bridgehead atoms. The molecule has 3 heteroatoms. The van der Waals surface area contributed by atoms with E-state index in [0.717, 1.165) is 22.1 Å². The lowest BCUT2D eigenvalue weighted by molar-refractivity contribution is -0.136. The molecule has 0 radical (unpaired) electrons. The zero-order valence-electron chi connectivity index (χ0n) is 7.95. The number of hydrogen-bond acceptors (Lipinski definition) is 3. The lowest BCUT2D eigenvalue weighted by atomic mass is 9.89. The molecule has 0 unspecified atom stereocenters. The predicted octanol–water partition coefficient (Wildman–Crippen LogP) is 1.67. The highest BCUT2D eigenvalue weighted by Crippen LogP contribution is 2.24. The highest BCUT2D eigenvalue weighted by atomic mass is 16.3. The van der Waals surface area contributed by atoms with Crippen LogP contribution in [0.4, 0.5) is 0 Å². The van der Waals surface area contributed by atoms with Gasteiger partial charge in [-0.25, -0.2) is 0 Å². The van der Waals surface area contributed by atoms with E-state index >= 15 is 0 Å². The average Bonchev–Trinajstić information content (AvgIpc) is 2.63. The van der Waals surface area contributed by atoms with Gasteiger partial charge in [-0.15, -0.1) is 0 Å². The van der Waals surface area contributed by atoms with Crippen LogP contribution in [0.5, 0.6) is 0 Å². The fourth-order valence-corrected chi connectivity index (χ4v) is 1.97. The first-order valence-corrected chi connectivity index (χ1v) is 4.79. The number of benzene rings is 1. The molecule has 1 aromatic carbocycles. The van der Waals surface area contributed by atoms with Crippen molar-refractivity contribution in [1.82, 2.24) is 0 Å². The molecule has 1 aliphatic carbocycles. The first-order valence-electron chi connectivity index (χ1n) is 4.79. The number of hydrogen-bond donors (Lipinski definition) is 0. The van der Waals surface area contributed by atoms with E-state index in [1.54, 1.807) is 6.26 Å². The second-order valence-electron chi connectivity index (χ2n) is 3.78. The van der Waals surface area contributed by atoms with E-state index in [2.05, 4.69) is 0 Å². The first-order chi connectivity index (χ1) is 7.24. The molecule has 0 spiro atoms. The molecule has 74 valence electrons. The molecule has 1 heterocycles. The zero-order chi connectivity index (χ0) is 10.4. The van der Waals surface area contributed by atoms with Crippen molar-refractivity contribution in [3.8, 4) is 0 Å². The summed E-state index contributed by atoms with van der Waals surface area (Å²) in [7, 11) is 0. The smallest absolute Gasteiger partial charge is 0.203 e. The van der Waals surface area contributed by atoms with Gasteiger partial charge in [0.2, 0.25) is 11.6 Å². The minimum absolute atomic E-state index is 0.213. The van der Waals surface area contributed by atoms with Gasteiger partial charge in [-0.3, -0.25) is 9.59 Å². The number of rotatable bonds is 0. The van der Waals surface area contributed by atoms with E-state index in [-0.39, 0.29) is 24.4 Å². The van der Waals surface area contributed by atoms with E-state index in [9.17, 15) is 9.59 Å². The molecule has 1 aliphatic rings. The summed E-state index contributed by atoms with van der Waals surface area (Å²) in [4.78, 5) is 22.5. The molecule has 0 saturated carbocycles. The Labute approximate surface area is 85.7 Å². The normalized spacial score (nSPS) is 15.7. The number of carbonyl (C=O) groups excluding carboxylic acids is 2. The Kier molecular flexibility index (Phi) is 1.57. The monoisotopic (exact) mass is 200 g/mol. The largest absolute Gasteiger partial charge is 0.464 e. The number of Topliss-reactive ketones (excluding diaryl/α,β-unsaturated/α-hetero) is 2. The molecule has 0 fully saturated rings. The van der Waals surface area contributed by atoms with E-state index in [1.807, 2.05) is 18.2 Å². The Morgan fingerprint density at radius 1 is 1.00 bits per heavy atom. The lowest BCUT2D eigenvalue weighted by Gasteiger charge is -2.13. The van der Waals surface area contributed by atoms with Crippen LogP contribution in [-0.2, 0) is 22.4 Å². The average molecular weight is 200 g/mol. The highest BCUT2D eigenvalue weighted by molar-refractivity contribution is 6.39. The molecular weight excluding hydrogens is 192 g/mol. The van der Waals surface area contributed by atoms with Gasteiger partial charge in [-0.05, 0) is 29.3 Å². The summed E-state index contributed by atoms with van der Waals surface area (Å²) in [6.07, 6.45) is 2.06. The predicted molar refractivity (Wildman–Crippen MR) is 53.6 cm³/mol. The van der Waals surface area contributed by atoms with Gasteiger partial charge < -0.3 is 4.42 Å². The summed E-state index contributed by atoms with van der Waals surface area (Å²) in [5.74, 6) is -0.584. The number of fused-ring (bicyclic) bond motifs is 2. The molecule has 0 amide bonds. The Balaban J connectivity index is 2.24. The van der Waals surface area contributed by atoms with Gasteiger partial charge in [-0.2, -0.15) is 0 Å². The molecule has 2 aromatic rings. The summed E-state index contributed by atoms with van der Waals surface area (Å²) in [5, 5.41) is 0.982. The molecular formula is C12H8O3. The number of carbonyl (C=O) groups is 2. The van der Waals surface area contributed by atoms with Gasteiger partial charge in [0.25, 0.3) is 0 Å². The van der Waals surface area contributed by atoms with Crippen molar-refractivity contribution in [3.63, 3.8) is 0 Å². The number of ketones is 2. The second-order valence-corrected chi connectivity index (χ2v) is 3.78. The summed E-state index contributed by atoms with van der Waals surface area (Å²) in [5.41, 5.74) is 2.64. The van der Waals surface area contributed by atoms with Crippen LogP contribution in [0.25, 0.3) is 11.0 Å². The van der Waals surface area contributed by atoms with E-state index in [0.29, 0.717) is 0 Å². The minimum atomic E-state index is -0.298. The molecule has 0 N–H and O–H groups in total. The third-order valence-corrected chi connectivity index (χ3v) is 2.79. The fourth-order valence-electron chi connectivity index (χ4n) is 1.97. The van der Waals surface area contributed by atoms with Gasteiger partial charge >= 0.3 is 0 Å². The fraction of sp³-hybridized carbons (Fsp3) is 0.167. The summed E-state index contributed by atoms with van der Waals surface area (Å²) < 4.78 is 5.25. The lowest BCUT2D eigenvalue weighted by Crippen LogP contribution is -2.24. The van der Waals surface area contributed by atoms with E-state index < -0.39 is 0 Å². The topological polar surface area (TPSA) is 47.3 Å². The zero-order valence-corrected chi connectivity index (χ0v) is 7.95. The SMILES string of the molecule is O=C1Cc2cc3ccoc3cc2CC1=O. The van der Waals surface area contributed by atoms with Crippen molar-refractivity contribution in [2.24, 2.45) is 0 Å². The maximum absolute atomic E-state index is 11.3. The highest BCUT2D eigenvalue weighted by Gasteiger charge is 2.24. The quantitative estimate of drug-likeness (QED) is 0.608. The molecule has 0 atom stereocenters. The molecule has 15 heavy (non-hydrogen) atoms. The summed E-state index contributed by atoms with van der Waals surface area (Å²) in [6, 6.07) is 5.64. The third kappa shape index (κ3) is 1.20. The van der Waals surface area contributed by atoms with Crippen molar-refractivity contribution in [3.05, 3.63) is 35.6 Å². The van der Waals surface area contributed by atoms with Crippen molar-refractivity contribution in [2.75, 3.05) is 0 Å². The van der Waals surface area contributed by atoms with Crippen LogP contribution in [0.3, 0.4) is 0 Å². The van der Waals surface area contributed by atoms with Crippen molar-refractivity contribution < 1.29 is 14.0 Å². The molecule has 3 rings (SSSR count). The van der Waals surface area contributed by atoms with E-state index in [4.69, 9.17) is 4.42 Å².